The van der Waals surface area contributed by atoms with Crippen LogP contribution in [0.4, 0.5) is 0 Å². The molecule has 2 heterocycles. The summed E-state index contributed by atoms with van der Waals surface area (Å²) in [4.78, 5) is 18.3. The van der Waals surface area contributed by atoms with Crippen LogP contribution in [0.3, 0.4) is 0 Å². The van der Waals surface area contributed by atoms with Gasteiger partial charge in [-0.2, -0.15) is 0 Å². The molecule has 5 heteroatoms. The summed E-state index contributed by atoms with van der Waals surface area (Å²) in [7, 11) is 0. The maximum Gasteiger partial charge on any atom is 0.313 e. The molecule has 0 N–H and O–H groups in total. The number of morpholine rings is 1. The van der Waals surface area contributed by atoms with Crippen molar-refractivity contribution in [3.05, 3.63) is 35.4 Å². The number of nitrogens with zero attached hydrogens (tertiary/aromatic N) is 2. The minimum atomic E-state index is -0.334. The van der Waals surface area contributed by atoms with Gasteiger partial charge in [0.15, 0.2) is 0 Å². The van der Waals surface area contributed by atoms with Gasteiger partial charge in [-0.3, -0.25) is 14.6 Å². The van der Waals surface area contributed by atoms with E-state index in [9.17, 15) is 4.79 Å². The van der Waals surface area contributed by atoms with E-state index in [0.717, 1.165) is 71.6 Å². The van der Waals surface area contributed by atoms with E-state index in [1.165, 1.54) is 11.1 Å². The Morgan fingerprint density at radius 3 is 2.76 bits per heavy atom. The Morgan fingerprint density at radius 2 is 2.00 bits per heavy atom. The predicted molar refractivity (Wildman–Crippen MR) is 114 cm³/mol. The summed E-state index contributed by atoms with van der Waals surface area (Å²) in [6, 6.07) is 9.20. The highest BCUT2D eigenvalue weighted by Gasteiger charge is 2.53. The number of esters is 1. The van der Waals surface area contributed by atoms with Crippen molar-refractivity contribution in [2.45, 2.75) is 52.1 Å². The first kappa shape index (κ1) is 20.8. The van der Waals surface area contributed by atoms with Gasteiger partial charge in [-0.15, -0.1) is 0 Å². The zero-order chi connectivity index (χ0) is 20.3. The molecular weight excluding hydrogens is 364 g/mol. The molecule has 0 unspecified atom stereocenters. The number of carbonyl (C=O) groups is 1. The fourth-order valence-corrected chi connectivity index (χ4v) is 5.76. The lowest BCUT2D eigenvalue weighted by Gasteiger charge is -2.52. The lowest BCUT2D eigenvalue weighted by Crippen LogP contribution is -2.58. The fourth-order valence-electron chi connectivity index (χ4n) is 5.76. The second-order valence-corrected chi connectivity index (χ2v) is 9.08. The molecule has 0 aromatic heterocycles. The molecule has 0 amide bonds. The number of hydrogen-bond donors (Lipinski definition) is 0. The van der Waals surface area contributed by atoms with E-state index in [1.54, 1.807) is 0 Å². The third-order valence-corrected chi connectivity index (χ3v) is 7.46. The minimum absolute atomic E-state index is 0.0416. The van der Waals surface area contributed by atoms with Crippen LogP contribution in [0.1, 0.15) is 43.7 Å². The first-order valence-electron chi connectivity index (χ1n) is 11.4. The molecule has 2 aliphatic heterocycles. The largest absolute Gasteiger partial charge is 0.466 e. The van der Waals surface area contributed by atoms with Gasteiger partial charge in [0.05, 0.1) is 25.2 Å². The van der Waals surface area contributed by atoms with Crippen molar-refractivity contribution >= 4 is 5.97 Å². The number of likely N-dealkylation sites (tertiary alicyclic amines) is 1. The molecule has 5 nitrogen and oxygen atoms in total. The molecule has 3 atom stereocenters. The van der Waals surface area contributed by atoms with E-state index >= 15 is 0 Å². The van der Waals surface area contributed by atoms with Crippen molar-refractivity contribution in [2.75, 3.05) is 46.0 Å². The molecule has 1 aromatic carbocycles. The number of benzene rings is 1. The SMILES string of the molecule is CCOC(=O)[C@@]12CC[C@@H](N3CCOCC3)C[C@H]1CCN(Cc1ccccc1C)C2. The molecule has 0 spiro atoms. The van der Waals surface area contributed by atoms with Gasteiger partial charge in [0, 0.05) is 32.2 Å². The second kappa shape index (κ2) is 9.15. The van der Waals surface area contributed by atoms with Crippen LogP contribution in [0.2, 0.25) is 0 Å². The number of aryl methyl sites for hydroxylation is 1. The molecular formula is C24H36N2O3. The number of rotatable bonds is 5. The molecule has 1 aromatic rings. The van der Waals surface area contributed by atoms with E-state index in [-0.39, 0.29) is 11.4 Å². The Kier molecular flexibility index (Phi) is 6.57. The Labute approximate surface area is 175 Å². The van der Waals surface area contributed by atoms with E-state index < -0.39 is 0 Å². The van der Waals surface area contributed by atoms with Gasteiger partial charge >= 0.3 is 5.97 Å². The van der Waals surface area contributed by atoms with E-state index in [4.69, 9.17) is 9.47 Å². The highest BCUT2D eigenvalue weighted by atomic mass is 16.5. The first-order valence-corrected chi connectivity index (χ1v) is 11.4. The summed E-state index contributed by atoms with van der Waals surface area (Å²) in [6.45, 7) is 11.1. The highest BCUT2D eigenvalue weighted by molar-refractivity contribution is 5.78. The van der Waals surface area contributed by atoms with Crippen LogP contribution in [-0.2, 0) is 20.8 Å². The van der Waals surface area contributed by atoms with Crippen molar-refractivity contribution in [1.29, 1.82) is 0 Å². The average Bonchev–Trinajstić information content (AvgIpc) is 2.75. The third kappa shape index (κ3) is 4.37. The van der Waals surface area contributed by atoms with Crippen molar-refractivity contribution < 1.29 is 14.3 Å². The van der Waals surface area contributed by atoms with Crippen molar-refractivity contribution in [2.24, 2.45) is 11.3 Å². The molecule has 160 valence electrons. The molecule has 3 fully saturated rings. The summed E-state index contributed by atoms with van der Waals surface area (Å²) in [5.74, 6) is 0.469. The van der Waals surface area contributed by atoms with Gasteiger partial charge in [0.1, 0.15) is 0 Å². The molecule has 1 aliphatic carbocycles. The third-order valence-electron chi connectivity index (χ3n) is 7.46. The molecule has 29 heavy (non-hydrogen) atoms. The second-order valence-electron chi connectivity index (χ2n) is 9.08. The Morgan fingerprint density at radius 1 is 1.21 bits per heavy atom. The molecule has 2 saturated heterocycles. The predicted octanol–water partition coefficient (Wildman–Crippen LogP) is 3.25. The zero-order valence-electron chi connectivity index (χ0n) is 18.1. The minimum Gasteiger partial charge on any atom is -0.466 e. The smallest absolute Gasteiger partial charge is 0.313 e. The molecule has 0 bridgehead atoms. The Balaban J connectivity index is 1.49. The van der Waals surface area contributed by atoms with Crippen LogP contribution >= 0.6 is 0 Å². The highest BCUT2D eigenvalue weighted by Crippen LogP contribution is 2.48. The Bertz CT molecular complexity index is 703. The summed E-state index contributed by atoms with van der Waals surface area (Å²) in [6.07, 6.45) is 4.25. The van der Waals surface area contributed by atoms with Crippen LogP contribution in [0.25, 0.3) is 0 Å². The van der Waals surface area contributed by atoms with Gasteiger partial charge in [0.25, 0.3) is 0 Å². The number of ether oxygens (including phenoxy) is 2. The van der Waals surface area contributed by atoms with Crippen molar-refractivity contribution in [3.63, 3.8) is 0 Å². The maximum absolute atomic E-state index is 13.2. The van der Waals surface area contributed by atoms with Gasteiger partial charge in [-0.25, -0.2) is 0 Å². The van der Waals surface area contributed by atoms with E-state index in [0.29, 0.717) is 18.6 Å². The summed E-state index contributed by atoms with van der Waals surface area (Å²) < 4.78 is 11.2. The van der Waals surface area contributed by atoms with E-state index in [2.05, 4.69) is 41.0 Å². The zero-order valence-corrected chi connectivity index (χ0v) is 18.1. The number of carbonyl (C=O) groups excluding carboxylic acids is 1. The maximum atomic E-state index is 13.2. The van der Waals surface area contributed by atoms with Gasteiger partial charge < -0.3 is 9.47 Å². The van der Waals surface area contributed by atoms with Crippen molar-refractivity contribution in [3.8, 4) is 0 Å². The molecule has 1 saturated carbocycles. The Hall–Kier alpha value is -1.43. The van der Waals surface area contributed by atoms with E-state index in [1.807, 2.05) is 6.92 Å². The van der Waals surface area contributed by atoms with Gasteiger partial charge in [0.2, 0.25) is 0 Å². The van der Waals surface area contributed by atoms with Crippen LogP contribution in [-0.4, -0.2) is 67.8 Å². The van der Waals surface area contributed by atoms with Crippen LogP contribution < -0.4 is 0 Å². The molecule has 4 rings (SSSR count). The lowest BCUT2D eigenvalue weighted by atomic mass is 9.61. The van der Waals surface area contributed by atoms with Gasteiger partial charge in [-0.1, -0.05) is 24.3 Å². The van der Waals surface area contributed by atoms with Crippen molar-refractivity contribution in [1.82, 2.24) is 9.80 Å². The first-order chi connectivity index (χ1) is 14.1. The van der Waals surface area contributed by atoms with Crippen LogP contribution in [0.15, 0.2) is 24.3 Å². The summed E-state index contributed by atoms with van der Waals surface area (Å²) in [5, 5.41) is 0. The number of fused-ring (bicyclic) bond motifs is 1. The lowest BCUT2D eigenvalue weighted by molar-refractivity contribution is -0.170. The quantitative estimate of drug-likeness (QED) is 0.710. The average molecular weight is 401 g/mol. The van der Waals surface area contributed by atoms with Crippen LogP contribution in [0, 0.1) is 18.3 Å². The monoisotopic (exact) mass is 400 g/mol. The normalized spacial score (nSPS) is 31.2. The molecule has 3 aliphatic rings. The van der Waals surface area contributed by atoms with Crippen LogP contribution in [0.5, 0.6) is 0 Å². The molecule has 0 radical (unpaired) electrons. The fraction of sp³-hybridized carbons (Fsp3) is 0.708. The standard InChI is InChI=1S/C24H36N2O3/c1-3-29-23(27)24-10-8-22(26-12-14-28-15-13-26)16-21(24)9-11-25(18-24)17-20-7-5-4-6-19(20)2/h4-7,21-22H,3,8-18H2,1-2H3/t21-,22-,24-/m1/s1. The van der Waals surface area contributed by atoms with Gasteiger partial charge in [-0.05, 0) is 63.1 Å². The number of piperidine rings is 1. The summed E-state index contributed by atoms with van der Waals surface area (Å²) >= 11 is 0. The number of hydrogen-bond acceptors (Lipinski definition) is 5. The topological polar surface area (TPSA) is 42.0 Å². The summed E-state index contributed by atoms with van der Waals surface area (Å²) in [5.41, 5.74) is 2.36.